The lowest BCUT2D eigenvalue weighted by atomic mass is 10.4. The van der Waals surface area contributed by atoms with E-state index in [9.17, 15) is 0 Å². The van der Waals surface area contributed by atoms with Crippen LogP contribution in [0.3, 0.4) is 0 Å². The molecule has 4 nitrogen and oxygen atoms in total. The molecule has 0 aromatic carbocycles. The predicted molar refractivity (Wildman–Crippen MR) is 43.5 cm³/mol. The Labute approximate surface area is 65.3 Å². The number of hydrogen-bond donors (Lipinski definition) is 1. The van der Waals surface area contributed by atoms with E-state index in [1.165, 1.54) is 0 Å². The van der Waals surface area contributed by atoms with Gasteiger partial charge in [0.1, 0.15) is 6.33 Å². The fourth-order valence-corrected chi connectivity index (χ4v) is 1.23. The number of aromatic nitrogens is 2. The zero-order valence-corrected chi connectivity index (χ0v) is 6.41. The van der Waals surface area contributed by atoms with Gasteiger partial charge in [-0.1, -0.05) is 0 Å². The van der Waals surface area contributed by atoms with Gasteiger partial charge in [0.2, 0.25) is 0 Å². The highest BCUT2D eigenvalue weighted by molar-refractivity contribution is 5.69. The smallest absolute Gasteiger partial charge is 0.154 e. The number of nitrogens with zero attached hydrogens (tertiary/aromatic N) is 3. The van der Waals surface area contributed by atoms with E-state index in [0.717, 1.165) is 24.7 Å². The average molecular weight is 150 g/mol. The summed E-state index contributed by atoms with van der Waals surface area (Å²) in [6, 6.07) is 0. The number of rotatable bonds is 1. The minimum atomic E-state index is 0.852. The second-order valence-electron chi connectivity index (χ2n) is 2.45. The van der Waals surface area contributed by atoms with Gasteiger partial charge in [-0.05, 0) is 6.92 Å². The number of hydrogen-bond acceptors (Lipinski definition) is 4. The van der Waals surface area contributed by atoms with Crippen LogP contribution in [0.5, 0.6) is 0 Å². The van der Waals surface area contributed by atoms with Crippen LogP contribution >= 0.6 is 0 Å². The SMILES string of the molecule is CCN1CNc2ncncc21. The molecule has 4 heteroatoms. The second kappa shape index (κ2) is 2.38. The predicted octanol–water partition coefficient (Wildman–Crippen LogP) is 0.686. The van der Waals surface area contributed by atoms with Crippen LogP contribution in [0, 0.1) is 0 Å². The molecule has 0 bridgehead atoms. The van der Waals surface area contributed by atoms with Crippen LogP contribution in [0.15, 0.2) is 12.5 Å². The molecule has 11 heavy (non-hydrogen) atoms. The van der Waals surface area contributed by atoms with Gasteiger partial charge in [-0.15, -0.1) is 0 Å². The lowest BCUT2D eigenvalue weighted by Crippen LogP contribution is -2.21. The summed E-state index contributed by atoms with van der Waals surface area (Å²) < 4.78 is 0. The Hall–Kier alpha value is -1.32. The van der Waals surface area contributed by atoms with Crippen molar-refractivity contribution in [2.75, 3.05) is 23.4 Å². The molecule has 0 saturated heterocycles. The van der Waals surface area contributed by atoms with Crippen molar-refractivity contribution in [3.8, 4) is 0 Å². The van der Waals surface area contributed by atoms with Gasteiger partial charge >= 0.3 is 0 Å². The van der Waals surface area contributed by atoms with Gasteiger partial charge in [0, 0.05) is 6.54 Å². The lowest BCUT2D eigenvalue weighted by Gasteiger charge is -2.12. The standard InChI is InChI=1S/C7H10N4/c1-2-11-5-10-7-6(11)3-8-4-9-7/h3-4H,2,5H2,1H3,(H,8,9,10). The van der Waals surface area contributed by atoms with E-state index in [1.54, 1.807) is 6.33 Å². The fraction of sp³-hybridized carbons (Fsp3) is 0.429. The van der Waals surface area contributed by atoms with Crippen molar-refractivity contribution in [1.29, 1.82) is 0 Å². The maximum absolute atomic E-state index is 4.09. The second-order valence-corrected chi connectivity index (χ2v) is 2.45. The molecule has 58 valence electrons. The Kier molecular flexibility index (Phi) is 1.38. The van der Waals surface area contributed by atoms with Crippen molar-refractivity contribution < 1.29 is 0 Å². The first-order chi connectivity index (χ1) is 5.42. The molecule has 0 atom stereocenters. The molecule has 0 unspecified atom stereocenters. The van der Waals surface area contributed by atoms with Crippen LogP contribution in [0.25, 0.3) is 0 Å². The van der Waals surface area contributed by atoms with Gasteiger partial charge in [-0.3, -0.25) is 0 Å². The summed E-state index contributed by atoms with van der Waals surface area (Å²) >= 11 is 0. The number of fused-ring (bicyclic) bond motifs is 1. The zero-order chi connectivity index (χ0) is 7.68. The summed E-state index contributed by atoms with van der Waals surface area (Å²) in [4.78, 5) is 10.2. The van der Waals surface area contributed by atoms with Gasteiger partial charge < -0.3 is 10.2 Å². The highest BCUT2D eigenvalue weighted by Crippen LogP contribution is 2.26. The van der Waals surface area contributed by atoms with Crippen LogP contribution in [0.1, 0.15) is 6.92 Å². The summed E-state index contributed by atoms with van der Waals surface area (Å²) in [6.45, 7) is 3.96. The first-order valence-electron chi connectivity index (χ1n) is 3.70. The minimum Gasteiger partial charge on any atom is -0.351 e. The van der Waals surface area contributed by atoms with Gasteiger partial charge in [-0.25, -0.2) is 9.97 Å². The van der Waals surface area contributed by atoms with E-state index in [1.807, 2.05) is 6.20 Å². The summed E-state index contributed by atoms with van der Waals surface area (Å²) in [5.74, 6) is 0.946. The Bertz CT molecular complexity index is 260. The molecule has 1 aromatic heterocycles. The number of nitrogens with one attached hydrogen (secondary N) is 1. The normalized spacial score (nSPS) is 14.5. The van der Waals surface area contributed by atoms with Crippen molar-refractivity contribution in [3.63, 3.8) is 0 Å². The van der Waals surface area contributed by atoms with Crippen LogP contribution in [0.4, 0.5) is 11.5 Å². The van der Waals surface area contributed by atoms with Crippen molar-refractivity contribution in [3.05, 3.63) is 12.5 Å². The molecule has 0 fully saturated rings. The molecule has 2 heterocycles. The fourth-order valence-electron chi connectivity index (χ4n) is 1.23. The molecule has 2 rings (SSSR count). The highest BCUT2D eigenvalue weighted by atomic mass is 15.3. The molecule has 0 radical (unpaired) electrons. The van der Waals surface area contributed by atoms with E-state index >= 15 is 0 Å². The monoisotopic (exact) mass is 150 g/mol. The minimum absolute atomic E-state index is 0.852. The quantitative estimate of drug-likeness (QED) is 0.639. The van der Waals surface area contributed by atoms with Gasteiger partial charge in [0.15, 0.2) is 5.82 Å². The Morgan fingerprint density at radius 2 is 2.64 bits per heavy atom. The van der Waals surface area contributed by atoms with E-state index in [2.05, 4.69) is 27.1 Å². The Morgan fingerprint density at radius 3 is 3.45 bits per heavy atom. The third kappa shape index (κ3) is 0.906. The van der Waals surface area contributed by atoms with Crippen molar-refractivity contribution in [2.45, 2.75) is 6.92 Å². The van der Waals surface area contributed by atoms with E-state index in [4.69, 9.17) is 0 Å². The van der Waals surface area contributed by atoms with Crippen LogP contribution in [-0.4, -0.2) is 23.2 Å². The van der Waals surface area contributed by atoms with Crippen molar-refractivity contribution in [1.82, 2.24) is 9.97 Å². The maximum atomic E-state index is 4.09. The van der Waals surface area contributed by atoms with Gasteiger partial charge in [-0.2, -0.15) is 0 Å². The average Bonchev–Trinajstić information content (AvgIpc) is 2.47. The first-order valence-corrected chi connectivity index (χ1v) is 3.70. The van der Waals surface area contributed by atoms with Gasteiger partial charge in [0.05, 0.1) is 18.6 Å². The van der Waals surface area contributed by atoms with E-state index in [-0.39, 0.29) is 0 Å². The number of anilines is 2. The molecular weight excluding hydrogens is 140 g/mol. The highest BCUT2D eigenvalue weighted by Gasteiger charge is 2.16. The van der Waals surface area contributed by atoms with E-state index < -0.39 is 0 Å². The Morgan fingerprint density at radius 1 is 1.73 bits per heavy atom. The summed E-state index contributed by atoms with van der Waals surface area (Å²) in [6.07, 6.45) is 3.40. The molecule has 0 saturated carbocycles. The zero-order valence-electron chi connectivity index (χ0n) is 6.41. The topological polar surface area (TPSA) is 41.0 Å². The third-order valence-corrected chi connectivity index (χ3v) is 1.85. The molecule has 1 aromatic rings. The van der Waals surface area contributed by atoms with Crippen LogP contribution in [-0.2, 0) is 0 Å². The van der Waals surface area contributed by atoms with Gasteiger partial charge in [0.25, 0.3) is 0 Å². The molecule has 1 N–H and O–H groups in total. The van der Waals surface area contributed by atoms with Crippen LogP contribution in [0.2, 0.25) is 0 Å². The molecule has 0 aliphatic carbocycles. The van der Waals surface area contributed by atoms with E-state index in [0.29, 0.717) is 0 Å². The van der Waals surface area contributed by atoms with Crippen LogP contribution < -0.4 is 10.2 Å². The first kappa shape index (κ1) is 6.39. The lowest BCUT2D eigenvalue weighted by molar-refractivity contribution is 0.908. The third-order valence-electron chi connectivity index (χ3n) is 1.85. The van der Waals surface area contributed by atoms with Crippen molar-refractivity contribution in [2.24, 2.45) is 0 Å². The summed E-state index contributed by atoms with van der Waals surface area (Å²) in [5.41, 5.74) is 1.11. The molecule has 1 aliphatic rings. The molecular formula is C7H10N4. The Balaban J connectivity index is 2.39. The summed E-state index contributed by atoms with van der Waals surface area (Å²) in [5, 5.41) is 3.18. The largest absolute Gasteiger partial charge is 0.351 e. The molecule has 0 spiro atoms. The maximum Gasteiger partial charge on any atom is 0.154 e. The molecule has 0 amide bonds. The molecule has 1 aliphatic heterocycles. The van der Waals surface area contributed by atoms with Crippen molar-refractivity contribution >= 4 is 11.5 Å². The summed E-state index contributed by atoms with van der Waals surface area (Å²) in [7, 11) is 0.